The zero-order chi connectivity index (χ0) is 13.3. The van der Waals surface area contributed by atoms with Gasteiger partial charge in [0.2, 0.25) is 0 Å². The highest BCUT2D eigenvalue weighted by molar-refractivity contribution is 6.42. The SMILES string of the molecule is COc1cc(Cl)c(Cl)cc1C(=O)N1CC[C@@H](N)C1. The van der Waals surface area contributed by atoms with Crippen LogP contribution in [0.1, 0.15) is 16.8 Å². The lowest BCUT2D eigenvalue weighted by Gasteiger charge is -2.18. The maximum atomic E-state index is 12.3. The number of hydrogen-bond donors (Lipinski definition) is 1. The molecule has 0 unspecified atom stereocenters. The van der Waals surface area contributed by atoms with E-state index in [0.29, 0.717) is 34.4 Å². The maximum absolute atomic E-state index is 12.3. The van der Waals surface area contributed by atoms with Crippen molar-refractivity contribution in [2.24, 2.45) is 5.73 Å². The molecule has 4 nitrogen and oxygen atoms in total. The highest BCUT2D eigenvalue weighted by Crippen LogP contribution is 2.31. The van der Waals surface area contributed by atoms with E-state index in [-0.39, 0.29) is 11.9 Å². The third-order valence-electron chi connectivity index (χ3n) is 2.98. The fraction of sp³-hybridized carbons (Fsp3) is 0.417. The fourth-order valence-corrected chi connectivity index (χ4v) is 2.32. The van der Waals surface area contributed by atoms with Gasteiger partial charge in [0.15, 0.2) is 0 Å². The molecule has 1 aromatic rings. The van der Waals surface area contributed by atoms with Crippen LogP contribution in [0.25, 0.3) is 0 Å². The summed E-state index contributed by atoms with van der Waals surface area (Å²) in [4.78, 5) is 14.0. The van der Waals surface area contributed by atoms with Gasteiger partial charge in [-0.05, 0) is 12.5 Å². The Bertz CT molecular complexity index is 479. The molecule has 0 bridgehead atoms. The van der Waals surface area contributed by atoms with Gasteiger partial charge in [-0.15, -0.1) is 0 Å². The molecule has 0 aromatic heterocycles. The number of likely N-dealkylation sites (tertiary alicyclic amines) is 1. The number of nitrogens with two attached hydrogens (primary N) is 1. The molecule has 1 saturated heterocycles. The summed E-state index contributed by atoms with van der Waals surface area (Å²) in [5.74, 6) is 0.299. The molecule has 0 spiro atoms. The van der Waals surface area contributed by atoms with Crippen molar-refractivity contribution < 1.29 is 9.53 Å². The lowest BCUT2D eigenvalue weighted by molar-refractivity contribution is 0.0787. The topological polar surface area (TPSA) is 55.6 Å². The molecule has 1 aliphatic heterocycles. The molecule has 2 rings (SSSR count). The summed E-state index contributed by atoms with van der Waals surface area (Å²) in [5.41, 5.74) is 6.21. The summed E-state index contributed by atoms with van der Waals surface area (Å²) < 4.78 is 5.17. The number of methoxy groups -OCH3 is 1. The van der Waals surface area contributed by atoms with Crippen LogP contribution >= 0.6 is 23.2 Å². The minimum Gasteiger partial charge on any atom is -0.496 e. The molecule has 6 heteroatoms. The second-order valence-corrected chi connectivity index (χ2v) is 5.08. The first kappa shape index (κ1) is 13.5. The molecule has 1 aliphatic rings. The summed E-state index contributed by atoms with van der Waals surface area (Å²) in [7, 11) is 1.49. The van der Waals surface area contributed by atoms with Crippen molar-refractivity contribution in [2.45, 2.75) is 12.5 Å². The molecule has 0 aliphatic carbocycles. The van der Waals surface area contributed by atoms with Crippen molar-refractivity contribution >= 4 is 29.1 Å². The van der Waals surface area contributed by atoms with Gasteiger partial charge in [-0.3, -0.25) is 4.79 Å². The van der Waals surface area contributed by atoms with E-state index >= 15 is 0 Å². The number of hydrogen-bond acceptors (Lipinski definition) is 3. The van der Waals surface area contributed by atoms with Crippen LogP contribution in [0.2, 0.25) is 10.0 Å². The lowest BCUT2D eigenvalue weighted by Crippen LogP contribution is -2.32. The molecule has 18 heavy (non-hydrogen) atoms. The number of halogens is 2. The number of rotatable bonds is 2. The van der Waals surface area contributed by atoms with Crippen LogP contribution in [-0.2, 0) is 0 Å². The zero-order valence-corrected chi connectivity index (χ0v) is 11.5. The Morgan fingerprint density at radius 3 is 2.67 bits per heavy atom. The molecule has 1 amide bonds. The van der Waals surface area contributed by atoms with Crippen LogP contribution < -0.4 is 10.5 Å². The number of amides is 1. The zero-order valence-electron chi connectivity index (χ0n) is 9.95. The first-order chi connectivity index (χ1) is 8.52. The standard InChI is InChI=1S/C12H14Cl2N2O2/c1-18-11-5-10(14)9(13)4-8(11)12(17)16-3-2-7(15)6-16/h4-5,7H,2-3,6,15H2,1H3/t7-/m1/s1. The van der Waals surface area contributed by atoms with E-state index in [4.69, 9.17) is 33.7 Å². The van der Waals surface area contributed by atoms with E-state index in [1.165, 1.54) is 13.2 Å². The second kappa shape index (κ2) is 5.34. The quantitative estimate of drug-likeness (QED) is 0.907. The maximum Gasteiger partial charge on any atom is 0.257 e. The van der Waals surface area contributed by atoms with Crippen LogP contribution in [0, 0.1) is 0 Å². The summed E-state index contributed by atoms with van der Waals surface area (Å²) in [5, 5.41) is 0.701. The fourth-order valence-electron chi connectivity index (χ4n) is 2.01. The van der Waals surface area contributed by atoms with Crippen LogP contribution in [0.4, 0.5) is 0 Å². The Balaban J connectivity index is 2.32. The summed E-state index contributed by atoms with van der Waals surface area (Å²) in [6.45, 7) is 1.21. The summed E-state index contributed by atoms with van der Waals surface area (Å²) >= 11 is 11.8. The monoisotopic (exact) mass is 288 g/mol. The Morgan fingerprint density at radius 2 is 2.11 bits per heavy atom. The summed E-state index contributed by atoms with van der Waals surface area (Å²) in [6.07, 6.45) is 0.815. The lowest BCUT2D eigenvalue weighted by atomic mass is 10.1. The largest absolute Gasteiger partial charge is 0.496 e. The summed E-state index contributed by atoms with van der Waals surface area (Å²) in [6, 6.07) is 3.13. The van der Waals surface area contributed by atoms with Gasteiger partial charge in [-0.1, -0.05) is 23.2 Å². The van der Waals surface area contributed by atoms with E-state index in [1.54, 1.807) is 11.0 Å². The average Bonchev–Trinajstić information content (AvgIpc) is 2.78. The molecule has 2 N–H and O–H groups in total. The second-order valence-electron chi connectivity index (χ2n) is 4.27. The van der Waals surface area contributed by atoms with Gasteiger partial charge >= 0.3 is 0 Å². The molecule has 1 atom stereocenters. The average molecular weight is 289 g/mol. The number of carbonyl (C=O) groups is 1. The van der Waals surface area contributed by atoms with Crippen molar-refractivity contribution in [2.75, 3.05) is 20.2 Å². The number of benzene rings is 1. The van der Waals surface area contributed by atoms with Crippen LogP contribution in [0.3, 0.4) is 0 Å². The van der Waals surface area contributed by atoms with E-state index in [0.717, 1.165) is 6.42 Å². The van der Waals surface area contributed by atoms with E-state index in [2.05, 4.69) is 0 Å². The van der Waals surface area contributed by atoms with E-state index < -0.39 is 0 Å². The first-order valence-corrected chi connectivity index (χ1v) is 6.36. The molecule has 0 saturated carbocycles. The minimum atomic E-state index is -0.127. The van der Waals surface area contributed by atoms with E-state index in [1.807, 2.05) is 0 Å². The van der Waals surface area contributed by atoms with Crippen molar-refractivity contribution in [1.82, 2.24) is 4.90 Å². The normalized spacial score (nSPS) is 19.1. The van der Waals surface area contributed by atoms with Gasteiger partial charge in [0.1, 0.15) is 5.75 Å². The smallest absolute Gasteiger partial charge is 0.257 e. The van der Waals surface area contributed by atoms with Crippen LogP contribution in [0.5, 0.6) is 5.75 Å². The van der Waals surface area contributed by atoms with Gasteiger partial charge in [0, 0.05) is 25.2 Å². The molecule has 1 aromatic carbocycles. The Hall–Kier alpha value is -0.970. The molecular formula is C12H14Cl2N2O2. The Morgan fingerprint density at radius 1 is 1.44 bits per heavy atom. The van der Waals surface area contributed by atoms with Gasteiger partial charge in [0.05, 0.1) is 22.7 Å². The van der Waals surface area contributed by atoms with E-state index in [9.17, 15) is 4.79 Å². The minimum absolute atomic E-state index is 0.0442. The Kier molecular flexibility index (Phi) is 4.00. The van der Waals surface area contributed by atoms with Crippen LogP contribution in [0.15, 0.2) is 12.1 Å². The predicted octanol–water partition coefficient (Wildman–Crippen LogP) is 2.18. The van der Waals surface area contributed by atoms with Crippen molar-refractivity contribution in [1.29, 1.82) is 0 Å². The van der Waals surface area contributed by atoms with Crippen molar-refractivity contribution in [3.05, 3.63) is 27.7 Å². The Labute approximate surface area is 116 Å². The highest BCUT2D eigenvalue weighted by atomic mass is 35.5. The van der Waals surface area contributed by atoms with Crippen LogP contribution in [-0.4, -0.2) is 37.0 Å². The van der Waals surface area contributed by atoms with Gasteiger partial charge in [0.25, 0.3) is 5.91 Å². The predicted molar refractivity (Wildman–Crippen MR) is 71.5 cm³/mol. The number of ether oxygens (including phenoxy) is 1. The number of carbonyl (C=O) groups excluding carboxylic acids is 1. The van der Waals surface area contributed by atoms with Crippen molar-refractivity contribution in [3.8, 4) is 5.75 Å². The highest BCUT2D eigenvalue weighted by Gasteiger charge is 2.27. The molecule has 98 valence electrons. The number of nitrogens with zero attached hydrogens (tertiary/aromatic N) is 1. The molecular weight excluding hydrogens is 275 g/mol. The van der Waals surface area contributed by atoms with Crippen molar-refractivity contribution in [3.63, 3.8) is 0 Å². The van der Waals surface area contributed by atoms with Gasteiger partial charge < -0.3 is 15.4 Å². The molecule has 1 fully saturated rings. The van der Waals surface area contributed by atoms with Gasteiger partial charge in [-0.2, -0.15) is 0 Å². The first-order valence-electron chi connectivity index (χ1n) is 5.61. The third kappa shape index (κ3) is 2.55. The third-order valence-corrected chi connectivity index (χ3v) is 3.71. The molecule has 1 heterocycles. The molecule has 0 radical (unpaired) electrons. The van der Waals surface area contributed by atoms with Gasteiger partial charge in [-0.25, -0.2) is 0 Å².